The van der Waals surface area contributed by atoms with E-state index in [0.29, 0.717) is 30.5 Å². The molecule has 0 spiro atoms. The van der Waals surface area contributed by atoms with Gasteiger partial charge >= 0.3 is 5.97 Å². The highest BCUT2D eigenvalue weighted by Gasteiger charge is 2.19. The molecule has 0 saturated carbocycles. The molecule has 1 aromatic carbocycles. The van der Waals surface area contributed by atoms with Crippen LogP contribution in [0.5, 0.6) is 11.5 Å². The molecule has 0 radical (unpaired) electrons. The molecule has 2 heterocycles. The third-order valence-electron chi connectivity index (χ3n) is 3.14. The van der Waals surface area contributed by atoms with E-state index in [-0.39, 0.29) is 13.2 Å². The number of rotatable bonds is 5. The molecule has 2 aromatic rings. The summed E-state index contributed by atoms with van der Waals surface area (Å²) in [7, 11) is 1.58. The first-order valence-electron chi connectivity index (χ1n) is 6.18. The summed E-state index contributed by atoms with van der Waals surface area (Å²) in [4.78, 5) is 15.2. The van der Waals surface area contributed by atoms with Gasteiger partial charge in [-0.1, -0.05) is 0 Å². The Balaban J connectivity index is 2.07. The minimum Gasteiger partial charge on any atom is -0.481 e. The van der Waals surface area contributed by atoms with E-state index in [2.05, 4.69) is 4.98 Å². The van der Waals surface area contributed by atoms with Crippen LogP contribution in [0, 0.1) is 0 Å². The molecule has 7 nitrogen and oxygen atoms in total. The van der Waals surface area contributed by atoms with Gasteiger partial charge in [-0.3, -0.25) is 4.79 Å². The second-order valence-corrected chi connectivity index (χ2v) is 4.45. The predicted molar refractivity (Wildman–Crippen MR) is 68.8 cm³/mol. The first kappa shape index (κ1) is 12.7. The zero-order chi connectivity index (χ0) is 14.1. The van der Waals surface area contributed by atoms with Crippen molar-refractivity contribution >= 4 is 17.0 Å². The number of imidazole rings is 1. The average molecular weight is 278 g/mol. The summed E-state index contributed by atoms with van der Waals surface area (Å²) in [6, 6.07) is 3.62. The van der Waals surface area contributed by atoms with Gasteiger partial charge in [-0.05, 0) is 0 Å². The van der Waals surface area contributed by atoms with E-state index in [4.69, 9.17) is 19.3 Å². The van der Waals surface area contributed by atoms with Crippen molar-refractivity contribution in [1.29, 1.82) is 0 Å². The van der Waals surface area contributed by atoms with Gasteiger partial charge in [0.2, 0.25) is 6.79 Å². The Hall–Kier alpha value is -2.28. The van der Waals surface area contributed by atoms with Gasteiger partial charge in [-0.2, -0.15) is 0 Å². The molecule has 1 aromatic heterocycles. The van der Waals surface area contributed by atoms with Crippen molar-refractivity contribution in [2.24, 2.45) is 0 Å². The lowest BCUT2D eigenvalue weighted by Gasteiger charge is -2.07. The lowest BCUT2D eigenvalue weighted by atomic mass is 10.2. The van der Waals surface area contributed by atoms with Crippen LogP contribution in [0.25, 0.3) is 11.0 Å². The SMILES string of the molecule is COCc1nc2cc3c(cc2n1CCC(=O)O)OCO3. The van der Waals surface area contributed by atoms with Gasteiger partial charge in [0, 0.05) is 25.8 Å². The van der Waals surface area contributed by atoms with E-state index in [0.717, 1.165) is 11.0 Å². The van der Waals surface area contributed by atoms with Crippen LogP contribution in [0.3, 0.4) is 0 Å². The van der Waals surface area contributed by atoms with Crippen molar-refractivity contribution in [3.8, 4) is 11.5 Å². The molecule has 0 saturated heterocycles. The monoisotopic (exact) mass is 278 g/mol. The smallest absolute Gasteiger partial charge is 0.305 e. The zero-order valence-corrected chi connectivity index (χ0v) is 11.0. The topological polar surface area (TPSA) is 82.8 Å². The first-order valence-corrected chi connectivity index (χ1v) is 6.18. The minimum absolute atomic E-state index is 0.0244. The van der Waals surface area contributed by atoms with Crippen LogP contribution in [0.4, 0.5) is 0 Å². The van der Waals surface area contributed by atoms with Crippen molar-refractivity contribution in [2.45, 2.75) is 19.6 Å². The first-order chi connectivity index (χ1) is 9.69. The molecular weight excluding hydrogens is 264 g/mol. The zero-order valence-electron chi connectivity index (χ0n) is 11.0. The Morgan fingerprint density at radius 2 is 2.20 bits per heavy atom. The number of carboxylic acid groups (broad SMARTS) is 1. The van der Waals surface area contributed by atoms with Crippen LogP contribution in [0.1, 0.15) is 12.2 Å². The molecule has 0 unspecified atom stereocenters. The van der Waals surface area contributed by atoms with Crippen molar-refractivity contribution in [1.82, 2.24) is 9.55 Å². The number of benzene rings is 1. The molecule has 0 aliphatic carbocycles. The Labute approximate surface area is 114 Å². The standard InChI is InChI=1S/C13H14N2O5/c1-18-6-12-14-8-4-10-11(20-7-19-10)5-9(8)15(12)3-2-13(16)17/h4-5H,2-3,6-7H2,1H3,(H,16,17). The fraction of sp³-hybridized carbons (Fsp3) is 0.385. The van der Waals surface area contributed by atoms with E-state index in [9.17, 15) is 4.79 Å². The normalized spacial score (nSPS) is 13.1. The highest BCUT2D eigenvalue weighted by Crippen LogP contribution is 2.36. The van der Waals surface area contributed by atoms with E-state index in [1.807, 2.05) is 10.6 Å². The summed E-state index contributed by atoms with van der Waals surface area (Å²) < 4.78 is 17.6. The number of aryl methyl sites for hydroxylation is 1. The predicted octanol–water partition coefficient (Wildman–Crippen LogP) is 1.39. The molecule has 0 fully saturated rings. The molecule has 0 atom stereocenters. The van der Waals surface area contributed by atoms with E-state index in [1.165, 1.54) is 0 Å². The van der Waals surface area contributed by atoms with E-state index in [1.54, 1.807) is 13.2 Å². The number of aliphatic carboxylic acids is 1. The summed E-state index contributed by atoms with van der Waals surface area (Å²) in [5.41, 5.74) is 1.56. The number of methoxy groups -OCH3 is 1. The number of hydrogen-bond donors (Lipinski definition) is 1. The van der Waals surface area contributed by atoms with Crippen LogP contribution in [0.15, 0.2) is 12.1 Å². The highest BCUT2D eigenvalue weighted by molar-refractivity contribution is 5.81. The number of aromatic nitrogens is 2. The molecule has 20 heavy (non-hydrogen) atoms. The Bertz CT molecular complexity index is 664. The van der Waals surface area contributed by atoms with Crippen LogP contribution in [-0.2, 0) is 22.7 Å². The molecule has 0 bridgehead atoms. The summed E-state index contributed by atoms with van der Waals surface area (Å²) >= 11 is 0. The van der Waals surface area contributed by atoms with Gasteiger partial charge in [0.15, 0.2) is 11.5 Å². The Morgan fingerprint density at radius 1 is 1.45 bits per heavy atom. The summed E-state index contributed by atoms with van der Waals surface area (Å²) in [6.45, 7) is 0.854. The average Bonchev–Trinajstić information content (AvgIpc) is 2.97. The lowest BCUT2D eigenvalue weighted by Crippen LogP contribution is -2.08. The van der Waals surface area contributed by atoms with Crippen molar-refractivity contribution in [3.63, 3.8) is 0 Å². The van der Waals surface area contributed by atoms with Crippen LogP contribution in [-0.4, -0.2) is 34.5 Å². The largest absolute Gasteiger partial charge is 0.481 e. The van der Waals surface area contributed by atoms with Crippen LogP contribution >= 0.6 is 0 Å². The molecule has 3 rings (SSSR count). The number of carbonyl (C=O) groups is 1. The second kappa shape index (κ2) is 5.01. The van der Waals surface area contributed by atoms with Crippen LogP contribution < -0.4 is 9.47 Å². The molecule has 1 aliphatic heterocycles. The molecule has 7 heteroatoms. The third-order valence-corrected chi connectivity index (χ3v) is 3.14. The quantitative estimate of drug-likeness (QED) is 0.889. The number of ether oxygens (including phenoxy) is 3. The molecule has 1 N–H and O–H groups in total. The van der Waals surface area contributed by atoms with Crippen molar-refractivity contribution in [3.05, 3.63) is 18.0 Å². The minimum atomic E-state index is -0.851. The fourth-order valence-corrected chi connectivity index (χ4v) is 2.26. The summed E-state index contributed by atoms with van der Waals surface area (Å²) in [5.74, 6) is 1.14. The maximum Gasteiger partial charge on any atom is 0.305 e. The highest BCUT2D eigenvalue weighted by atomic mass is 16.7. The van der Waals surface area contributed by atoms with E-state index < -0.39 is 5.97 Å². The number of nitrogens with zero attached hydrogens (tertiary/aromatic N) is 2. The molecule has 0 amide bonds. The summed E-state index contributed by atoms with van der Waals surface area (Å²) in [5, 5.41) is 8.85. The van der Waals surface area contributed by atoms with Gasteiger partial charge in [-0.15, -0.1) is 0 Å². The number of carboxylic acids is 1. The Morgan fingerprint density at radius 3 is 2.90 bits per heavy atom. The van der Waals surface area contributed by atoms with Crippen molar-refractivity contribution in [2.75, 3.05) is 13.9 Å². The maximum atomic E-state index is 10.8. The van der Waals surface area contributed by atoms with Gasteiger partial charge < -0.3 is 23.9 Å². The van der Waals surface area contributed by atoms with Gasteiger partial charge in [0.1, 0.15) is 12.4 Å². The van der Waals surface area contributed by atoms with Crippen LogP contribution in [0.2, 0.25) is 0 Å². The molecule has 1 aliphatic rings. The fourth-order valence-electron chi connectivity index (χ4n) is 2.26. The lowest BCUT2D eigenvalue weighted by molar-refractivity contribution is -0.137. The second-order valence-electron chi connectivity index (χ2n) is 4.45. The third kappa shape index (κ3) is 2.16. The van der Waals surface area contributed by atoms with Gasteiger partial charge in [-0.25, -0.2) is 4.98 Å². The molecular formula is C13H14N2O5. The Kier molecular flexibility index (Phi) is 3.19. The molecule has 106 valence electrons. The van der Waals surface area contributed by atoms with Crippen molar-refractivity contribution < 1.29 is 24.1 Å². The van der Waals surface area contributed by atoms with Gasteiger partial charge in [0.25, 0.3) is 0 Å². The number of fused-ring (bicyclic) bond motifs is 2. The van der Waals surface area contributed by atoms with Gasteiger partial charge in [0.05, 0.1) is 17.5 Å². The number of hydrogen-bond acceptors (Lipinski definition) is 5. The maximum absolute atomic E-state index is 10.8. The van der Waals surface area contributed by atoms with E-state index >= 15 is 0 Å². The summed E-state index contributed by atoms with van der Waals surface area (Å²) in [6.07, 6.45) is 0.0244.